The highest BCUT2D eigenvalue weighted by Crippen LogP contribution is 2.49. The number of aliphatic hydroxyl groups is 1. The standard InChI is InChI=1S/C23H18O2/c24-20-16-23(25,19-14-8-3-9-15-19)22(18-12-6-2-7-13-18)21(20)17-10-4-1-5-11-17/h1-15,25H,16H2/t23-/m1/s1. The summed E-state index contributed by atoms with van der Waals surface area (Å²) >= 11 is 0. The molecule has 3 aromatic rings. The first kappa shape index (κ1) is 15.6. The number of carbonyl (C=O) groups is 1. The quantitative estimate of drug-likeness (QED) is 0.771. The van der Waals surface area contributed by atoms with Gasteiger partial charge in [0.05, 0.1) is 0 Å². The molecule has 2 heteroatoms. The van der Waals surface area contributed by atoms with Crippen LogP contribution in [0.15, 0.2) is 91.0 Å². The molecule has 0 bridgehead atoms. The van der Waals surface area contributed by atoms with E-state index in [0.29, 0.717) is 11.1 Å². The van der Waals surface area contributed by atoms with Crippen molar-refractivity contribution in [2.75, 3.05) is 0 Å². The van der Waals surface area contributed by atoms with Gasteiger partial charge in [0.1, 0.15) is 5.60 Å². The Morgan fingerprint density at radius 1 is 0.680 bits per heavy atom. The van der Waals surface area contributed by atoms with Crippen LogP contribution in [0.4, 0.5) is 0 Å². The third-order valence-electron chi connectivity index (χ3n) is 4.74. The molecule has 0 heterocycles. The molecule has 0 saturated carbocycles. The molecule has 0 saturated heterocycles. The zero-order chi connectivity index (χ0) is 17.3. The molecule has 0 aliphatic heterocycles. The van der Waals surface area contributed by atoms with Gasteiger partial charge in [-0.15, -0.1) is 0 Å². The van der Waals surface area contributed by atoms with E-state index in [1.54, 1.807) is 0 Å². The Bertz CT molecular complexity index is 928. The SMILES string of the molecule is O=C1C[C@@](O)(c2ccccc2)C(c2ccccc2)=C1c1ccccc1. The molecule has 4 rings (SSSR count). The Labute approximate surface area is 147 Å². The summed E-state index contributed by atoms with van der Waals surface area (Å²) < 4.78 is 0. The summed E-state index contributed by atoms with van der Waals surface area (Å²) in [6, 6.07) is 28.7. The fourth-order valence-electron chi connectivity index (χ4n) is 3.61. The van der Waals surface area contributed by atoms with E-state index in [4.69, 9.17) is 0 Å². The van der Waals surface area contributed by atoms with Crippen molar-refractivity contribution in [2.24, 2.45) is 0 Å². The van der Waals surface area contributed by atoms with Crippen molar-refractivity contribution in [3.8, 4) is 0 Å². The fraction of sp³-hybridized carbons (Fsp3) is 0.0870. The van der Waals surface area contributed by atoms with E-state index in [-0.39, 0.29) is 12.2 Å². The summed E-state index contributed by atoms with van der Waals surface area (Å²) in [5.74, 6) is -0.0311. The Hall–Kier alpha value is -2.97. The van der Waals surface area contributed by atoms with E-state index in [1.807, 2.05) is 91.0 Å². The maximum absolute atomic E-state index is 12.9. The molecule has 0 aromatic heterocycles. The molecule has 1 aliphatic rings. The normalized spacial score (nSPS) is 20.1. The van der Waals surface area contributed by atoms with Crippen LogP contribution in [0, 0.1) is 0 Å². The molecule has 25 heavy (non-hydrogen) atoms. The van der Waals surface area contributed by atoms with E-state index in [2.05, 4.69) is 0 Å². The number of allylic oxidation sites excluding steroid dienone is 1. The van der Waals surface area contributed by atoms with E-state index in [1.165, 1.54) is 0 Å². The van der Waals surface area contributed by atoms with Crippen molar-refractivity contribution in [1.82, 2.24) is 0 Å². The predicted molar refractivity (Wildman–Crippen MR) is 99.7 cm³/mol. The molecule has 0 fully saturated rings. The molecule has 3 aromatic carbocycles. The number of Topliss-reactive ketones (excluding diaryl/α,β-unsaturated/α-hetero) is 1. The minimum atomic E-state index is -1.31. The van der Waals surface area contributed by atoms with Crippen molar-refractivity contribution >= 4 is 16.9 Å². The van der Waals surface area contributed by atoms with Crippen molar-refractivity contribution in [3.63, 3.8) is 0 Å². The first-order chi connectivity index (χ1) is 12.2. The van der Waals surface area contributed by atoms with E-state index < -0.39 is 5.60 Å². The topological polar surface area (TPSA) is 37.3 Å². The molecule has 0 amide bonds. The van der Waals surface area contributed by atoms with Gasteiger partial charge in [-0.05, 0) is 16.7 Å². The van der Waals surface area contributed by atoms with Gasteiger partial charge in [0, 0.05) is 17.6 Å². The largest absolute Gasteiger partial charge is 0.380 e. The summed E-state index contributed by atoms with van der Waals surface area (Å²) in [5.41, 5.74) is 2.45. The van der Waals surface area contributed by atoms with E-state index in [0.717, 1.165) is 16.7 Å². The van der Waals surface area contributed by atoms with Crippen LogP contribution in [0.3, 0.4) is 0 Å². The van der Waals surface area contributed by atoms with E-state index in [9.17, 15) is 9.90 Å². The molecule has 0 radical (unpaired) electrons. The summed E-state index contributed by atoms with van der Waals surface area (Å²) in [7, 11) is 0. The van der Waals surface area contributed by atoms with Crippen LogP contribution in [-0.2, 0) is 10.4 Å². The van der Waals surface area contributed by atoms with Crippen LogP contribution in [0.25, 0.3) is 11.1 Å². The Morgan fingerprint density at radius 2 is 1.16 bits per heavy atom. The van der Waals surface area contributed by atoms with Gasteiger partial charge in [0.15, 0.2) is 5.78 Å². The zero-order valence-electron chi connectivity index (χ0n) is 13.7. The molecular weight excluding hydrogens is 308 g/mol. The predicted octanol–water partition coefficient (Wildman–Crippen LogP) is 4.46. The average Bonchev–Trinajstić information content (AvgIpc) is 2.95. The second kappa shape index (κ2) is 6.15. The third-order valence-corrected chi connectivity index (χ3v) is 4.74. The smallest absolute Gasteiger partial charge is 0.167 e. The summed E-state index contributed by atoms with van der Waals surface area (Å²) in [5, 5.41) is 11.6. The molecule has 2 nitrogen and oxygen atoms in total. The zero-order valence-corrected chi connectivity index (χ0v) is 13.7. The lowest BCUT2D eigenvalue weighted by Crippen LogP contribution is -2.25. The minimum Gasteiger partial charge on any atom is -0.380 e. The number of ketones is 1. The number of hydrogen-bond donors (Lipinski definition) is 1. The van der Waals surface area contributed by atoms with Crippen LogP contribution in [0.5, 0.6) is 0 Å². The number of carbonyl (C=O) groups excluding carboxylic acids is 1. The Morgan fingerprint density at radius 3 is 1.72 bits per heavy atom. The minimum absolute atomic E-state index is 0.0311. The summed E-state index contributed by atoms with van der Waals surface area (Å²) in [6.07, 6.45) is 0.0610. The first-order valence-corrected chi connectivity index (χ1v) is 8.37. The number of hydrogen-bond acceptors (Lipinski definition) is 2. The monoisotopic (exact) mass is 326 g/mol. The van der Waals surface area contributed by atoms with Gasteiger partial charge < -0.3 is 5.11 Å². The lowest BCUT2D eigenvalue weighted by molar-refractivity contribution is -0.115. The van der Waals surface area contributed by atoms with Gasteiger partial charge in [-0.2, -0.15) is 0 Å². The molecule has 0 unspecified atom stereocenters. The molecule has 1 aliphatic carbocycles. The average molecular weight is 326 g/mol. The molecule has 1 N–H and O–H groups in total. The molecule has 0 spiro atoms. The highest BCUT2D eigenvalue weighted by molar-refractivity contribution is 6.32. The van der Waals surface area contributed by atoms with Gasteiger partial charge in [0.2, 0.25) is 0 Å². The van der Waals surface area contributed by atoms with Crippen LogP contribution < -0.4 is 0 Å². The van der Waals surface area contributed by atoms with Crippen LogP contribution in [0.1, 0.15) is 23.1 Å². The molecule has 122 valence electrons. The van der Waals surface area contributed by atoms with Crippen molar-refractivity contribution < 1.29 is 9.90 Å². The van der Waals surface area contributed by atoms with Crippen molar-refractivity contribution in [3.05, 3.63) is 108 Å². The fourth-order valence-corrected chi connectivity index (χ4v) is 3.61. The first-order valence-electron chi connectivity index (χ1n) is 8.37. The second-order valence-corrected chi connectivity index (χ2v) is 6.31. The Kier molecular flexibility index (Phi) is 3.83. The van der Waals surface area contributed by atoms with Crippen molar-refractivity contribution in [1.29, 1.82) is 0 Å². The van der Waals surface area contributed by atoms with Crippen molar-refractivity contribution in [2.45, 2.75) is 12.0 Å². The van der Waals surface area contributed by atoms with Gasteiger partial charge in [-0.1, -0.05) is 91.0 Å². The summed E-state index contributed by atoms with van der Waals surface area (Å²) in [4.78, 5) is 12.9. The molecular formula is C23H18O2. The van der Waals surface area contributed by atoms with Gasteiger partial charge in [-0.25, -0.2) is 0 Å². The lowest BCUT2D eigenvalue weighted by Gasteiger charge is -2.27. The van der Waals surface area contributed by atoms with Gasteiger partial charge >= 0.3 is 0 Å². The second-order valence-electron chi connectivity index (χ2n) is 6.31. The summed E-state index contributed by atoms with van der Waals surface area (Å²) in [6.45, 7) is 0. The highest BCUT2D eigenvalue weighted by atomic mass is 16.3. The maximum Gasteiger partial charge on any atom is 0.167 e. The van der Waals surface area contributed by atoms with E-state index >= 15 is 0 Å². The van der Waals surface area contributed by atoms with Gasteiger partial charge in [-0.3, -0.25) is 4.79 Å². The number of benzene rings is 3. The third kappa shape index (κ3) is 2.61. The van der Waals surface area contributed by atoms with Gasteiger partial charge in [0.25, 0.3) is 0 Å². The maximum atomic E-state index is 12.9. The molecule has 1 atom stereocenters. The Balaban J connectivity index is 2.02. The van der Waals surface area contributed by atoms with Crippen LogP contribution >= 0.6 is 0 Å². The van der Waals surface area contributed by atoms with Crippen LogP contribution in [0.2, 0.25) is 0 Å². The lowest BCUT2D eigenvalue weighted by atomic mass is 9.83. The highest BCUT2D eigenvalue weighted by Gasteiger charge is 2.46. The van der Waals surface area contributed by atoms with Crippen LogP contribution in [-0.4, -0.2) is 10.9 Å². The number of rotatable bonds is 3.